The molecule has 15 heavy (non-hydrogen) atoms. The zero-order chi connectivity index (χ0) is 11.9. The van der Waals surface area contributed by atoms with Gasteiger partial charge in [0.1, 0.15) is 0 Å². The van der Waals surface area contributed by atoms with Crippen molar-refractivity contribution in [1.29, 1.82) is 0 Å². The number of hydrogen-bond acceptors (Lipinski definition) is 0. The first kappa shape index (κ1) is 12.1. The molecular formula is C9H8F6. The van der Waals surface area contributed by atoms with E-state index in [1.165, 1.54) is 0 Å². The molecule has 6 heteroatoms. The summed E-state index contributed by atoms with van der Waals surface area (Å²) in [7, 11) is 0. The molecule has 0 aliphatic heterocycles. The van der Waals surface area contributed by atoms with Crippen LogP contribution in [-0.2, 0) is 0 Å². The highest BCUT2D eigenvalue weighted by Crippen LogP contribution is 2.44. The molecule has 1 aliphatic rings. The highest BCUT2D eigenvalue weighted by molar-refractivity contribution is 5.43. The molecule has 0 spiro atoms. The molecule has 0 fully saturated rings. The molecule has 0 aromatic carbocycles. The third-order valence-electron chi connectivity index (χ3n) is 2.15. The summed E-state index contributed by atoms with van der Waals surface area (Å²) < 4.78 is 74.0. The Hall–Kier alpha value is -0.940. The van der Waals surface area contributed by atoms with Gasteiger partial charge in [-0.1, -0.05) is 11.6 Å². The van der Waals surface area contributed by atoms with E-state index in [9.17, 15) is 26.3 Å². The second-order valence-corrected chi connectivity index (χ2v) is 3.31. The van der Waals surface area contributed by atoms with Gasteiger partial charge in [-0.15, -0.1) is 0 Å². The Bertz CT molecular complexity index is 314. The van der Waals surface area contributed by atoms with Gasteiger partial charge < -0.3 is 0 Å². The van der Waals surface area contributed by atoms with Gasteiger partial charge in [0, 0.05) is 0 Å². The van der Waals surface area contributed by atoms with Gasteiger partial charge in [0.25, 0.3) is 0 Å². The van der Waals surface area contributed by atoms with E-state index in [2.05, 4.69) is 0 Å². The van der Waals surface area contributed by atoms with Gasteiger partial charge in [-0.2, -0.15) is 26.3 Å². The molecule has 0 saturated heterocycles. The Labute approximate surface area is 82.3 Å². The third kappa shape index (κ3) is 2.54. The number of alkyl halides is 6. The Kier molecular flexibility index (Phi) is 2.89. The Morgan fingerprint density at radius 1 is 1.00 bits per heavy atom. The monoisotopic (exact) mass is 230 g/mol. The van der Waals surface area contributed by atoms with Gasteiger partial charge >= 0.3 is 12.4 Å². The minimum atomic E-state index is -4.94. The molecular weight excluding hydrogens is 222 g/mol. The lowest BCUT2D eigenvalue weighted by Crippen LogP contribution is -2.26. The Morgan fingerprint density at radius 2 is 1.53 bits per heavy atom. The van der Waals surface area contributed by atoms with Gasteiger partial charge in [-0.05, 0) is 19.8 Å². The van der Waals surface area contributed by atoms with Crippen molar-refractivity contribution >= 4 is 0 Å². The van der Waals surface area contributed by atoms with E-state index in [1.807, 2.05) is 0 Å². The largest absolute Gasteiger partial charge is 0.416 e. The summed E-state index contributed by atoms with van der Waals surface area (Å²) in [6.45, 7) is 1.08. The van der Waals surface area contributed by atoms with E-state index < -0.39 is 23.5 Å². The van der Waals surface area contributed by atoms with Gasteiger partial charge in [-0.25, -0.2) is 0 Å². The lowest BCUT2D eigenvalue weighted by Gasteiger charge is -2.23. The second-order valence-electron chi connectivity index (χ2n) is 3.31. The minimum absolute atomic E-state index is 0.000255. The molecule has 0 heterocycles. The van der Waals surface area contributed by atoms with Crippen LogP contribution < -0.4 is 0 Å². The topological polar surface area (TPSA) is 0 Å². The molecule has 0 bridgehead atoms. The summed E-state index contributed by atoms with van der Waals surface area (Å²) in [6.07, 6.45) is -9.25. The van der Waals surface area contributed by atoms with Crippen molar-refractivity contribution in [2.24, 2.45) is 0 Å². The van der Waals surface area contributed by atoms with Crippen molar-refractivity contribution in [3.05, 3.63) is 22.8 Å². The van der Waals surface area contributed by atoms with Gasteiger partial charge in [0.2, 0.25) is 0 Å². The molecule has 0 aromatic rings. The molecule has 0 N–H and O–H groups in total. The molecule has 0 nitrogen and oxygen atoms in total. The van der Waals surface area contributed by atoms with E-state index in [0.717, 1.165) is 6.92 Å². The van der Waals surface area contributed by atoms with E-state index >= 15 is 0 Å². The summed E-state index contributed by atoms with van der Waals surface area (Å²) >= 11 is 0. The number of hydrogen-bond donors (Lipinski definition) is 0. The van der Waals surface area contributed by atoms with E-state index in [0.29, 0.717) is 6.08 Å². The molecule has 86 valence electrons. The number of rotatable bonds is 0. The molecule has 0 unspecified atom stereocenters. The highest BCUT2D eigenvalue weighted by Gasteiger charge is 2.48. The molecule has 0 atom stereocenters. The zero-order valence-corrected chi connectivity index (χ0v) is 7.76. The Morgan fingerprint density at radius 3 is 1.87 bits per heavy atom. The van der Waals surface area contributed by atoms with Crippen LogP contribution in [0.4, 0.5) is 26.3 Å². The molecule has 0 saturated carbocycles. The first-order valence-electron chi connectivity index (χ1n) is 4.18. The summed E-state index contributed by atoms with van der Waals surface area (Å²) in [6, 6.07) is 0. The van der Waals surface area contributed by atoms with Crippen LogP contribution in [0.25, 0.3) is 0 Å². The fourth-order valence-electron chi connectivity index (χ4n) is 1.54. The first-order valence-corrected chi connectivity index (χ1v) is 4.18. The predicted octanol–water partition coefficient (Wildman–Crippen LogP) is 4.15. The quantitative estimate of drug-likeness (QED) is 0.548. The summed E-state index contributed by atoms with van der Waals surface area (Å²) in [5.74, 6) is 0. The summed E-state index contributed by atoms with van der Waals surface area (Å²) in [4.78, 5) is 0. The smallest absolute Gasteiger partial charge is 0.166 e. The molecule has 0 aromatic heterocycles. The van der Waals surface area contributed by atoms with Crippen LogP contribution in [0.1, 0.15) is 19.8 Å². The lowest BCUT2D eigenvalue weighted by molar-refractivity contribution is -0.119. The fraction of sp³-hybridized carbons (Fsp3) is 0.556. The van der Waals surface area contributed by atoms with Crippen molar-refractivity contribution in [2.75, 3.05) is 0 Å². The van der Waals surface area contributed by atoms with Crippen molar-refractivity contribution < 1.29 is 26.3 Å². The van der Waals surface area contributed by atoms with Gasteiger partial charge in [0.15, 0.2) is 0 Å². The Balaban J connectivity index is 3.24. The van der Waals surface area contributed by atoms with Crippen molar-refractivity contribution in [3.8, 4) is 0 Å². The van der Waals surface area contributed by atoms with E-state index in [1.54, 1.807) is 0 Å². The summed E-state index contributed by atoms with van der Waals surface area (Å²) in [5, 5.41) is 0. The molecule has 1 rings (SSSR count). The van der Waals surface area contributed by atoms with Crippen LogP contribution in [0.3, 0.4) is 0 Å². The third-order valence-corrected chi connectivity index (χ3v) is 2.15. The van der Waals surface area contributed by atoms with Crippen LogP contribution in [-0.4, -0.2) is 12.4 Å². The van der Waals surface area contributed by atoms with Crippen molar-refractivity contribution in [3.63, 3.8) is 0 Å². The normalized spacial score (nSPS) is 19.3. The number of allylic oxidation sites excluding steroid dienone is 4. The van der Waals surface area contributed by atoms with Crippen LogP contribution in [0.5, 0.6) is 0 Å². The maximum absolute atomic E-state index is 12.4. The van der Waals surface area contributed by atoms with Crippen LogP contribution >= 0.6 is 0 Å². The second kappa shape index (κ2) is 3.57. The highest BCUT2D eigenvalue weighted by atomic mass is 19.4. The molecule has 1 aliphatic carbocycles. The maximum atomic E-state index is 12.4. The minimum Gasteiger partial charge on any atom is -0.166 e. The first-order chi connectivity index (χ1) is 6.64. The van der Waals surface area contributed by atoms with Crippen molar-refractivity contribution in [2.45, 2.75) is 32.1 Å². The standard InChI is InChI=1S/C9H8F6/c1-5-3-2-4-6(8(10,11)12)7(5)9(13,14)15/h4H,2-3H2,1H3. The van der Waals surface area contributed by atoms with Gasteiger partial charge in [-0.3, -0.25) is 0 Å². The van der Waals surface area contributed by atoms with Crippen LogP contribution in [0, 0.1) is 0 Å². The van der Waals surface area contributed by atoms with Gasteiger partial charge in [0.05, 0.1) is 11.1 Å². The van der Waals surface area contributed by atoms with E-state index in [-0.39, 0.29) is 18.4 Å². The van der Waals surface area contributed by atoms with Crippen LogP contribution in [0.15, 0.2) is 22.8 Å². The average molecular weight is 230 g/mol. The molecule has 0 radical (unpaired) electrons. The maximum Gasteiger partial charge on any atom is 0.416 e. The average Bonchev–Trinajstić information content (AvgIpc) is 1.99. The lowest BCUT2D eigenvalue weighted by atomic mass is 9.91. The number of halogens is 6. The van der Waals surface area contributed by atoms with Crippen molar-refractivity contribution in [1.82, 2.24) is 0 Å². The SMILES string of the molecule is CC1=C(C(F)(F)F)C(C(F)(F)F)=CCC1. The molecule has 0 amide bonds. The van der Waals surface area contributed by atoms with E-state index in [4.69, 9.17) is 0 Å². The summed E-state index contributed by atoms with van der Waals surface area (Å²) in [5.41, 5.74) is -3.34. The zero-order valence-electron chi connectivity index (χ0n) is 7.76. The predicted molar refractivity (Wildman–Crippen MR) is 42.1 cm³/mol. The van der Waals surface area contributed by atoms with Crippen LogP contribution in [0.2, 0.25) is 0 Å². The fourth-order valence-corrected chi connectivity index (χ4v) is 1.54.